The SMILES string of the molecule is C[C@H](Oc1c(Cl)cccc1Cl)C1=NCCC1. The molecule has 4 heteroatoms. The van der Waals surface area contributed by atoms with Crippen molar-refractivity contribution in [3.8, 4) is 5.75 Å². The van der Waals surface area contributed by atoms with Gasteiger partial charge < -0.3 is 4.74 Å². The van der Waals surface area contributed by atoms with Gasteiger partial charge in [-0.05, 0) is 31.9 Å². The number of nitrogens with zero attached hydrogens (tertiary/aromatic N) is 1. The van der Waals surface area contributed by atoms with Gasteiger partial charge in [0.2, 0.25) is 0 Å². The van der Waals surface area contributed by atoms with Crippen molar-refractivity contribution < 1.29 is 4.74 Å². The number of hydrogen-bond donors (Lipinski definition) is 0. The van der Waals surface area contributed by atoms with Crippen molar-refractivity contribution in [2.24, 2.45) is 4.99 Å². The van der Waals surface area contributed by atoms with Crippen LogP contribution in [0.2, 0.25) is 10.0 Å². The molecule has 1 atom stereocenters. The predicted molar refractivity (Wildman–Crippen MR) is 68.1 cm³/mol. The number of benzene rings is 1. The molecule has 2 rings (SSSR count). The van der Waals surface area contributed by atoms with Gasteiger partial charge in [0.05, 0.1) is 15.8 Å². The molecule has 0 fully saturated rings. The van der Waals surface area contributed by atoms with Crippen LogP contribution >= 0.6 is 23.2 Å². The largest absolute Gasteiger partial charge is 0.482 e. The Morgan fingerprint density at radius 1 is 1.31 bits per heavy atom. The zero-order valence-corrected chi connectivity index (χ0v) is 10.6. The second kappa shape index (κ2) is 5.07. The summed E-state index contributed by atoms with van der Waals surface area (Å²) >= 11 is 12.1. The highest BCUT2D eigenvalue weighted by Crippen LogP contribution is 2.33. The molecule has 0 radical (unpaired) electrons. The number of halogens is 2. The van der Waals surface area contributed by atoms with Crippen LogP contribution < -0.4 is 4.74 Å². The van der Waals surface area contributed by atoms with Gasteiger partial charge in [-0.2, -0.15) is 0 Å². The van der Waals surface area contributed by atoms with Crippen molar-refractivity contribution in [2.45, 2.75) is 25.9 Å². The summed E-state index contributed by atoms with van der Waals surface area (Å²) in [5.74, 6) is 0.549. The van der Waals surface area contributed by atoms with Gasteiger partial charge in [0, 0.05) is 6.54 Å². The van der Waals surface area contributed by atoms with Crippen molar-refractivity contribution in [1.82, 2.24) is 0 Å². The van der Waals surface area contributed by atoms with Gasteiger partial charge in [0.1, 0.15) is 6.10 Å². The van der Waals surface area contributed by atoms with Gasteiger partial charge in [-0.15, -0.1) is 0 Å². The lowest BCUT2D eigenvalue weighted by Gasteiger charge is -2.16. The first-order valence-corrected chi connectivity index (χ1v) is 6.08. The van der Waals surface area contributed by atoms with E-state index in [1.807, 2.05) is 6.92 Å². The Bertz CT molecular complexity index is 397. The average Bonchev–Trinajstić information content (AvgIpc) is 2.76. The number of para-hydroxylation sites is 1. The highest BCUT2D eigenvalue weighted by molar-refractivity contribution is 6.37. The molecule has 2 nitrogen and oxygen atoms in total. The zero-order valence-electron chi connectivity index (χ0n) is 9.04. The minimum absolute atomic E-state index is 0.0556. The van der Waals surface area contributed by atoms with Crippen molar-refractivity contribution in [2.75, 3.05) is 6.54 Å². The quantitative estimate of drug-likeness (QED) is 0.803. The maximum atomic E-state index is 6.03. The molecule has 0 bridgehead atoms. The first-order chi connectivity index (χ1) is 7.68. The Morgan fingerprint density at radius 3 is 2.56 bits per heavy atom. The zero-order chi connectivity index (χ0) is 11.5. The lowest BCUT2D eigenvalue weighted by molar-refractivity contribution is 0.286. The van der Waals surface area contributed by atoms with Gasteiger partial charge in [-0.25, -0.2) is 0 Å². The van der Waals surface area contributed by atoms with E-state index in [0.717, 1.165) is 25.1 Å². The molecular formula is C12H13Cl2NO. The highest BCUT2D eigenvalue weighted by Gasteiger charge is 2.18. The Labute approximate surface area is 105 Å². The van der Waals surface area contributed by atoms with E-state index in [2.05, 4.69) is 4.99 Å². The second-order valence-electron chi connectivity index (χ2n) is 3.79. The third kappa shape index (κ3) is 2.50. The summed E-state index contributed by atoms with van der Waals surface area (Å²) in [5.41, 5.74) is 1.09. The summed E-state index contributed by atoms with van der Waals surface area (Å²) in [7, 11) is 0. The molecular weight excluding hydrogens is 245 g/mol. The van der Waals surface area contributed by atoms with Crippen LogP contribution in [0.15, 0.2) is 23.2 Å². The van der Waals surface area contributed by atoms with Crippen LogP contribution in [0.4, 0.5) is 0 Å². The molecule has 86 valence electrons. The topological polar surface area (TPSA) is 21.6 Å². The van der Waals surface area contributed by atoms with Crippen molar-refractivity contribution in [1.29, 1.82) is 0 Å². The second-order valence-corrected chi connectivity index (χ2v) is 4.60. The molecule has 0 aliphatic carbocycles. The fourth-order valence-corrected chi connectivity index (χ4v) is 2.22. The van der Waals surface area contributed by atoms with E-state index in [0.29, 0.717) is 15.8 Å². The number of hydrogen-bond acceptors (Lipinski definition) is 2. The third-order valence-corrected chi connectivity index (χ3v) is 3.18. The molecule has 1 aromatic rings. The first kappa shape index (κ1) is 11.7. The van der Waals surface area contributed by atoms with Crippen LogP contribution in [0.5, 0.6) is 5.75 Å². The molecule has 0 N–H and O–H groups in total. The Morgan fingerprint density at radius 2 is 2.00 bits per heavy atom. The lowest BCUT2D eigenvalue weighted by atomic mass is 10.2. The molecule has 1 aliphatic heterocycles. The molecule has 1 aromatic carbocycles. The maximum absolute atomic E-state index is 6.03. The van der Waals surface area contributed by atoms with Gasteiger partial charge >= 0.3 is 0 Å². The van der Waals surface area contributed by atoms with E-state index in [-0.39, 0.29) is 6.10 Å². The van der Waals surface area contributed by atoms with Crippen LogP contribution in [0.3, 0.4) is 0 Å². The lowest BCUT2D eigenvalue weighted by Crippen LogP contribution is -2.22. The van der Waals surface area contributed by atoms with Gasteiger partial charge in [-0.1, -0.05) is 29.3 Å². The standard InChI is InChI=1S/C12H13Cl2NO/c1-8(11-6-3-7-15-11)16-12-9(13)4-2-5-10(12)14/h2,4-5,8H,3,6-7H2,1H3/t8-/m0/s1. The van der Waals surface area contributed by atoms with Gasteiger partial charge in [-0.3, -0.25) is 4.99 Å². The monoisotopic (exact) mass is 257 g/mol. The fourth-order valence-electron chi connectivity index (χ4n) is 1.73. The van der Waals surface area contributed by atoms with Crippen LogP contribution in [0.25, 0.3) is 0 Å². The molecule has 1 aliphatic rings. The Kier molecular flexibility index (Phi) is 3.72. The number of rotatable bonds is 3. The van der Waals surface area contributed by atoms with E-state index in [1.54, 1.807) is 18.2 Å². The van der Waals surface area contributed by atoms with E-state index >= 15 is 0 Å². The Balaban J connectivity index is 2.14. The molecule has 16 heavy (non-hydrogen) atoms. The minimum atomic E-state index is -0.0556. The van der Waals surface area contributed by atoms with Gasteiger partial charge in [0.25, 0.3) is 0 Å². The summed E-state index contributed by atoms with van der Waals surface area (Å²) < 4.78 is 5.77. The van der Waals surface area contributed by atoms with Crippen LogP contribution in [0, 0.1) is 0 Å². The predicted octanol–water partition coefficient (Wildman–Crippen LogP) is 4.00. The Hall–Kier alpha value is -0.730. The summed E-state index contributed by atoms with van der Waals surface area (Å²) in [4.78, 5) is 4.40. The smallest absolute Gasteiger partial charge is 0.157 e. The van der Waals surface area contributed by atoms with Crippen LogP contribution in [0.1, 0.15) is 19.8 Å². The van der Waals surface area contributed by atoms with Gasteiger partial charge in [0.15, 0.2) is 5.75 Å². The first-order valence-electron chi connectivity index (χ1n) is 5.32. The average molecular weight is 258 g/mol. The molecule has 1 heterocycles. The third-order valence-electron chi connectivity index (χ3n) is 2.59. The molecule has 0 aromatic heterocycles. The number of aliphatic imine (C=N–C) groups is 1. The van der Waals surface area contributed by atoms with E-state index in [4.69, 9.17) is 27.9 Å². The molecule has 0 unspecified atom stereocenters. The summed E-state index contributed by atoms with van der Waals surface area (Å²) in [6.07, 6.45) is 2.06. The van der Waals surface area contributed by atoms with Crippen molar-refractivity contribution in [3.63, 3.8) is 0 Å². The molecule has 0 amide bonds. The molecule has 0 saturated carbocycles. The van der Waals surface area contributed by atoms with Crippen LogP contribution in [-0.4, -0.2) is 18.4 Å². The van der Waals surface area contributed by atoms with E-state index < -0.39 is 0 Å². The van der Waals surface area contributed by atoms with Crippen LogP contribution in [-0.2, 0) is 0 Å². The number of ether oxygens (including phenoxy) is 1. The van der Waals surface area contributed by atoms with Crippen molar-refractivity contribution >= 4 is 28.9 Å². The minimum Gasteiger partial charge on any atom is -0.482 e. The normalized spacial score (nSPS) is 17.1. The maximum Gasteiger partial charge on any atom is 0.157 e. The van der Waals surface area contributed by atoms with E-state index in [1.165, 1.54) is 0 Å². The molecule has 0 saturated heterocycles. The molecule has 0 spiro atoms. The fraction of sp³-hybridized carbons (Fsp3) is 0.417. The van der Waals surface area contributed by atoms with Crippen molar-refractivity contribution in [3.05, 3.63) is 28.2 Å². The van der Waals surface area contributed by atoms with E-state index in [9.17, 15) is 0 Å². The summed E-state index contributed by atoms with van der Waals surface area (Å²) in [6.45, 7) is 2.88. The summed E-state index contributed by atoms with van der Waals surface area (Å²) in [6, 6.07) is 5.34. The highest BCUT2D eigenvalue weighted by atomic mass is 35.5. The summed E-state index contributed by atoms with van der Waals surface area (Å²) in [5, 5.41) is 1.08.